The Morgan fingerprint density at radius 1 is 1.05 bits per heavy atom. The van der Waals surface area contributed by atoms with Crippen molar-refractivity contribution in [2.45, 2.75) is 19.9 Å². The van der Waals surface area contributed by atoms with Gasteiger partial charge in [0, 0.05) is 5.56 Å². The Hall–Kier alpha value is -4.96. The van der Waals surface area contributed by atoms with Crippen molar-refractivity contribution >= 4 is 40.0 Å². The molecule has 2 N–H and O–H groups in total. The zero-order chi connectivity index (χ0) is 28.7. The zero-order valence-corrected chi connectivity index (χ0v) is 23.4. The van der Waals surface area contributed by atoms with Crippen LogP contribution in [0.15, 0.2) is 84.1 Å². The molecule has 6 rings (SSSR count). The van der Waals surface area contributed by atoms with E-state index in [1.165, 1.54) is 23.3 Å². The maximum atomic E-state index is 14.2. The van der Waals surface area contributed by atoms with Crippen LogP contribution in [0.3, 0.4) is 0 Å². The first-order chi connectivity index (χ1) is 19.9. The van der Waals surface area contributed by atoms with E-state index in [2.05, 4.69) is 15.0 Å². The number of carbonyl (C=O) groups excluding carboxylic acids is 2. The van der Waals surface area contributed by atoms with Crippen molar-refractivity contribution in [2.24, 2.45) is 0 Å². The quantitative estimate of drug-likeness (QED) is 0.215. The van der Waals surface area contributed by atoms with E-state index in [4.69, 9.17) is 9.47 Å². The van der Waals surface area contributed by atoms with Gasteiger partial charge < -0.3 is 19.6 Å². The summed E-state index contributed by atoms with van der Waals surface area (Å²) in [5.41, 5.74) is 3.22. The largest absolute Gasteiger partial charge is 0.503 e. The topological polar surface area (TPSA) is 118 Å². The van der Waals surface area contributed by atoms with E-state index in [1.54, 1.807) is 25.1 Å². The molecule has 9 nitrogen and oxygen atoms in total. The molecule has 41 heavy (non-hydrogen) atoms. The van der Waals surface area contributed by atoms with Crippen molar-refractivity contribution in [3.05, 3.63) is 100 Å². The highest BCUT2D eigenvalue weighted by Gasteiger charge is 2.47. The fourth-order valence-corrected chi connectivity index (χ4v) is 6.02. The number of nitrogens with one attached hydrogen (secondary N) is 1. The van der Waals surface area contributed by atoms with Crippen LogP contribution in [0.5, 0.6) is 11.5 Å². The van der Waals surface area contributed by atoms with E-state index >= 15 is 0 Å². The van der Waals surface area contributed by atoms with Gasteiger partial charge >= 0.3 is 0 Å². The number of imidazole rings is 1. The second kappa shape index (κ2) is 10.5. The molecule has 5 aromatic rings. The van der Waals surface area contributed by atoms with Crippen LogP contribution in [0.4, 0.5) is 5.95 Å². The van der Waals surface area contributed by atoms with Gasteiger partial charge in [-0.05, 0) is 43.7 Å². The molecule has 10 heteroatoms. The van der Waals surface area contributed by atoms with Gasteiger partial charge in [-0.1, -0.05) is 48.5 Å². The normalized spacial score (nSPS) is 15.1. The van der Waals surface area contributed by atoms with E-state index in [1.807, 2.05) is 61.5 Å². The summed E-state index contributed by atoms with van der Waals surface area (Å²) in [7, 11) is 1.54. The van der Waals surface area contributed by atoms with Crippen LogP contribution < -0.4 is 14.4 Å². The average Bonchev–Trinajstić information content (AvgIpc) is 3.67. The summed E-state index contributed by atoms with van der Waals surface area (Å²) in [6.45, 7) is 3.98. The summed E-state index contributed by atoms with van der Waals surface area (Å²) >= 11 is 1.22. The number of benzene rings is 3. The Labute approximate surface area is 239 Å². The minimum Gasteiger partial charge on any atom is -0.503 e. The van der Waals surface area contributed by atoms with Crippen LogP contribution in [0.1, 0.15) is 33.9 Å². The number of hydrogen-bond acceptors (Lipinski definition) is 8. The van der Waals surface area contributed by atoms with E-state index in [0.717, 1.165) is 5.56 Å². The molecule has 3 heterocycles. The lowest BCUT2D eigenvalue weighted by Gasteiger charge is -2.25. The van der Waals surface area contributed by atoms with Crippen LogP contribution in [0, 0.1) is 6.92 Å². The number of Topliss-reactive ketones (excluding diaryl/α,β-unsaturated/α-hetero) is 1. The number of aliphatic hydroxyl groups excluding tert-OH is 1. The lowest BCUT2D eigenvalue weighted by Crippen LogP contribution is -2.32. The van der Waals surface area contributed by atoms with Crippen molar-refractivity contribution in [3.8, 4) is 22.1 Å². The third kappa shape index (κ3) is 4.52. The Morgan fingerprint density at radius 2 is 1.80 bits per heavy atom. The monoisotopic (exact) mass is 566 g/mol. The van der Waals surface area contributed by atoms with Gasteiger partial charge in [0.15, 0.2) is 17.3 Å². The fraction of sp³-hybridized carbons (Fsp3) is 0.161. The second-order valence-corrected chi connectivity index (χ2v) is 10.4. The molecule has 0 aliphatic carbocycles. The highest BCUT2D eigenvalue weighted by atomic mass is 32.1. The van der Waals surface area contributed by atoms with Gasteiger partial charge in [0.2, 0.25) is 11.7 Å². The number of anilines is 1. The molecule has 0 saturated heterocycles. The first-order valence-electron chi connectivity index (χ1n) is 13.0. The van der Waals surface area contributed by atoms with Crippen molar-refractivity contribution in [3.63, 3.8) is 0 Å². The van der Waals surface area contributed by atoms with Crippen LogP contribution in [-0.2, 0) is 4.79 Å². The van der Waals surface area contributed by atoms with Crippen LogP contribution in [-0.4, -0.2) is 45.5 Å². The first kappa shape index (κ1) is 26.3. The van der Waals surface area contributed by atoms with E-state index in [-0.39, 0.29) is 11.5 Å². The number of aromatic amines is 1. The number of H-pyrrole nitrogens is 1. The molecule has 2 aromatic heterocycles. The molecule has 0 bridgehead atoms. The fourth-order valence-electron chi connectivity index (χ4n) is 4.99. The number of hydrogen-bond donors (Lipinski definition) is 2. The second-order valence-electron chi connectivity index (χ2n) is 9.39. The maximum Gasteiger partial charge on any atom is 0.296 e. The molecule has 0 saturated carbocycles. The Balaban J connectivity index is 1.51. The molecular formula is C31H26N4O5S. The minimum absolute atomic E-state index is 0.0607. The Morgan fingerprint density at radius 3 is 2.54 bits per heavy atom. The SMILES string of the molecule is CCOc1cc(C2C(C(=O)c3sc(-c4ccccc4)nc3C)=C(O)C(=O)N2c2nc3ccccc3[nH]2)ccc1OC. The van der Waals surface area contributed by atoms with Gasteiger partial charge in [-0.25, -0.2) is 9.97 Å². The van der Waals surface area contributed by atoms with Gasteiger partial charge in [0.1, 0.15) is 5.01 Å². The molecule has 0 radical (unpaired) electrons. The lowest BCUT2D eigenvalue weighted by atomic mass is 9.95. The van der Waals surface area contributed by atoms with Gasteiger partial charge in [-0.2, -0.15) is 0 Å². The lowest BCUT2D eigenvalue weighted by molar-refractivity contribution is -0.117. The summed E-state index contributed by atoms with van der Waals surface area (Å²) in [4.78, 5) is 42.0. The van der Waals surface area contributed by atoms with Gasteiger partial charge in [0.25, 0.3) is 5.91 Å². The van der Waals surface area contributed by atoms with E-state index in [9.17, 15) is 14.7 Å². The smallest absolute Gasteiger partial charge is 0.296 e. The Kier molecular flexibility index (Phi) is 6.76. The number of aryl methyl sites for hydroxylation is 1. The summed E-state index contributed by atoms with van der Waals surface area (Å²) in [6, 6.07) is 21.1. The highest BCUT2D eigenvalue weighted by Crippen LogP contribution is 2.44. The molecule has 0 spiro atoms. The predicted octanol–water partition coefficient (Wildman–Crippen LogP) is 6.19. The number of fused-ring (bicyclic) bond motifs is 1. The molecular weight excluding hydrogens is 540 g/mol. The van der Waals surface area contributed by atoms with Gasteiger partial charge in [-0.15, -0.1) is 11.3 Å². The summed E-state index contributed by atoms with van der Waals surface area (Å²) in [5, 5.41) is 11.9. The molecule has 1 unspecified atom stereocenters. The molecule has 1 aliphatic rings. The number of aliphatic hydroxyl groups is 1. The number of ketones is 1. The molecule has 0 fully saturated rings. The van der Waals surface area contributed by atoms with E-state index in [0.29, 0.717) is 50.3 Å². The highest BCUT2D eigenvalue weighted by molar-refractivity contribution is 7.17. The molecule has 3 aromatic carbocycles. The summed E-state index contributed by atoms with van der Waals surface area (Å²) in [5.74, 6) is -0.703. The van der Waals surface area contributed by atoms with E-state index < -0.39 is 23.5 Å². The maximum absolute atomic E-state index is 14.2. The molecule has 206 valence electrons. The van der Waals surface area contributed by atoms with Crippen molar-refractivity contribution in [1.82, 2.24) is 15.0 Å². The van der Waals surface area contributed by atoms with Crippen molar-refractivity contribution < 1.29 is 24.2 Å². The number of aromatic nitrogens is 3. The van der Waals surface area contributed by atoms with Crippen molar-refractivity contribution in [1.29, 1.82) is 0 Å². The van der Waals surface area contributed by atoms with Crippen molar-refractivity contribution in [2.75, 3.05) is 18.6 Å². The minimum atomic E-state index is -0.998. The number of nitrogens with zero attached hydrogens (tertiary/aromatic N) is 3. The first-order valence-corrected chi connectivity index (χ1v) is 13.8. The Bertz CT molecular complexity index is 1790. The molecule has 1 aliphatic heterocycles. The predicted molar refractivity (Wildman–Crippen MR) is 157 cm³/mol. The number of rotatable bonds is 8. The number of ether oxygens (including phenoxy) is 2. The summed E-state index contributed by atoms with van der Waals surface area (Å²) < 4.78 is 11.3. The van der Waals surface area contributed by atoms with Gasteiger partial charge in [-0.3, -0.25) is 14.5 Å². The third-order valence-electron chi connectivity index (χ3n) is 6.88. The molecule has 1 amide bonds. The van der Waals surface area contributed by atoms with Crippen LogP contribution >= 0.6 is 11.3 Å². The number of thiazole rings is 1. The van der Waals surface area contributed by atoms with Gasteiger partial charge in [0.05, 0.1) is 46.9 Å². The number of amides is 1. The molecule has 1 atom stereocenters. The number of methoxy groups -OCH3 is 1. The zero-order valence-electron chi connectivity index (χ0n) is 22.5. The van der Waals surface area contributed by atoms with Crippen LogP contribution in [0.2, 0.25) is 0 Å². The number of para-hydroxylation sites is 2. The third-order valence-corrected chi connectivity index (χ3v) is 8.09. The van der Waals surface area contributed by atoms with Crippen LogP contribution in [0.25, 0.3) is 21.6 Å². The summed E-state index contributed by atoms with van der Waals surface area (Å²) in [6.07, 6.45) is 0. The standard InChI is InChI=1S/C31H26N4O5S/c1-4-40-23-16-19(14-15-22(23)39-3)25-24(26(36)28-17(2)32-29(41-28)18-10-6-5-7-11-18)27(37)30(38)35(25)31-33-20-12-8-9-13-21(20)34-31/h5-16,25,37H,4H2,1-3H3,(H,33,34). The average molecular weight is 567 g/mol. The number of carbonyl (C=O) groups is 2.